The normalized spacial score (nSPS) is 11.0. The van der Waals surface area contributed by atoms with Crippen LogP contribution in [-0.4, -0.2) is 26.6 Å². The topological polar surface area (TPSA) is 44.8 Å². The van der Waals surface area contributed by atoms with E-state index in [-0.39, 0.29) is 5.78 Å². The maximum Gasteiger partial charge on any atom is 0.185 e. The molecule has 0 aliphatic heterocycles. The van der Waals surface area contributed by atoms with Crippen molar-refractivity contribution in [3.63, 3.8) is 0 Å². The van der Waals surface area contributed by atoms with Crippen LogP contribution < -0.4 is 14.2 Å². The fraction of sp³-hybridized carbons (Fsp3) is 0.138. The molecule has 0 radical (unpaired) electrons. The Labute approximate surface area is 195 Å². The number of carbonyl (C=O) groups excluding carboxylic acids is 1. The van der Waals surface area contributed by atoms with Crippen LogP contribution in [0.2, 0.25) is 0 Å². The van der Waals surface area contributed by atoms with Crippen molar-refractivity contribution < 1.29 is 19.0 Å². The lowest BCUT2D eigenvalue weighted by molar-refractivity contribution is 0.104. The van der Waals surface area contributed by atoms with E-state index in [2.05, 4.69) is 6.58 Å². The van der Waals surface area contributed by atoms with E-state index in [0.29, 0.717) is 23.7 Å². The van der Waals surface area contributed by atoms with Gasteiger partial charge in [-0.15, -0.1) is 0 Å². The zero-order valence-electron chi connectivity index (χ0n) is 19.2. The van der Waals surface area contributed by atoms with E-state index in [4.69, 9.17) is 14.2 Å². The van der Waals surface area contributed by atoms with E-state index in [9.17, 15) is 4.79 Å². The number of benzene rings is 3. The second-order valence-electron chi connectivity index (χ2n) is 7.40. The molecular weight excluding hydrogens is 412 g/mol. The molecule has 0 saturated heterocycles. The number of ketones is 1. The van der Waals surface area contributed by atoms with Crippen molar-refractivity contribution >= 4 is 24.0 Å². The molecule has 0 N–H and O–H groups in total. The lowest BCUT2D eigenvalue weighted by Gasteiger charge is -2.11. The Morgan fingerprint density at radius 3 is 2.36 bits per heavy atom. The summed E-state index contributed by atoms with van der Waals surface area (Å²) in [5, 5.41) is 0. The third-order valence-corrected chi connectivity index (χ3v) is 5.01. The van der Waals surface area contributed by atoms with Crippen LogP contribution in [0.5, 0.6) is 17.2 Å². The van der Waals surface area contributed by atoms with Crippen molar-refractivity contribution in [1.82, 2.24) is 0 Å². The van der Waals surface area contributed by atoms with E-state index in [1.54, 1.807) is 38.5 Å². The molecule has 0 atom stereocenters. The standard InChI is InChI=1S/C29H28O4/c1-5-17-33-25-13-10-22(11-14-25)9-12-23-19-26(31-3)20-29(32-4)27(23)15-16-28(30)24-8-6-7-21(2)18-24/h5-16,18-20H,1,17H2,2-4H3/b12-9+,16-15+. The average Bonchev–Trinajstić information content (AvgIpc) is 2.85. The van der Waals surface area contributed by atoms with Crippen LogP contribution in [0.1, 0.15) is 32.6 Å². The van der Waals surface area contributed by atoms with Crippen LogP contribution in [-0.2, 0) is 0 Å². The third kappa shape index (κ3) is 6.47. The molecule has 0 unspecified atom stereocenters. The number of hydrogen-bond donors (Lipinski definition) is 0. The van der Waals surface area contributed by atoms with Crippen LogP contribution in [0.25, 0.3) is 18.2 Å². The predicted molar refractivity (Wildman–Crippen MR) is 135 cm³/mol. The molecule has 3 aromatic carbocycles. The number of rotatable bonds is 10. The molecule has 4 nitrogen and oxygen atoms in total. The quantitative estimate of drug-likeness (QED) is 0.153. The summed E-state index contributed by atoms with van der Waals surface area (Å²) in [7, 11) is 3.21. The Balaban J connectivity index is 1.92. The maximum absolute atomic E-state index is 12.7. The number of ether oxygens (including phenoxy) is 3. The number of carbonyl (C=O) groups is 1. The minimum Gasteiger partial charge on any atom is -0.497 e. The second-order valence-corrected chi connectivity index (χ2v) is 7.40. The highest BCUT2D eigenvalue weighted by Gasteiger charge is 2.10. The first-order chi connectivity index (χ1) is 16.0. The molecule has 0 bridgehead atoms. The van der Waals surface area contributed by atoms with Crippen LogP contribution in [0.15, 0.2) is 79.4 Å². The van der Waals surface area contributed by atoms with E-state index in [0.717, 1.165) is 28.0 Å². The van der Waals surface area contributed by atoms with Crippen molar-refractivity contribution in [2.75, 3.05) is 20.8 Å². The van der Waals surface area contributed by atoms with Crippen LogP contribution >= 0.6 is 0 Å². The molecule has 3 rings (SSSR count). The monoisotopic (exact) mass is 440 g/mol. The highest BCUT2D eigenvalue weighted by Crippen LogP contribution is 2.31. The molecule has 0 aliphatic rings. The van der Waals surface area contributed by atoms with E-state index < -0.39 is 0 Å². The van der Waals surface area contributed by atoms with E-state index in [1.807, 2.05) is 73.7 Å². The van der Waals surface area contributed by atoms with Gasteiger partial charge in [0.05, 0.1) is 14.2 Å². The van der Waals surface area contributed by atoms with Crippen LogP contribution in [0.4, 0.5) is 0 Å². The zero-order valence-corrected chi connectivity index (χ0v) is 19.2. The molecule has 0 heterocycles. The number of hydrogen-bond acceptors (Lipinski definition) is 4. The van der Waals surface area contributed by atoms with Gasteiger partial charge in [0.25, 0.3) is 0 Å². The summed E-state index contributed by atoms with van der Waals surface area (Å²) >= 11 is 0. The van der Waals surface area contributed by atoms with Crippen molar-refractivity contribution in [3.8, 4) is 17.2 Å². The minimum atomic E-state index is -0.0680. The van der Waals surface area contributed by atoms with Gasteiger partial charge in [-0.3, -0.25) is 4.79 Å². The highest BCUT2D eigenvalue weighted by molar-refractivity contribution is 6.07. The molecule has 3 aromatic rings. The van der Waals surface area contributed by atoms with Crippen molar-refractivity contribution in [2.24, 2.45) is 0 Å². The van der Waals surface area contributed by atoms with Gasteiger partial charge in [-0.1, -0.05) is 60.7 Å². The van der Waals surface area contributed by atoms with Crippen molar-refractivity contribution in [1.29, 1.82) is 0 Å². The van der Waals surface area contributed by atoms with Gasteiger partial charge in [0.1, 0.15) is 23.9 Å². The molecule has 33 heavy (non-hydrogen) atoms. The van der Waals surface area contributed by atoms with E-state index >= 15 is 0 Å². The van der Waals surface area contributed by atoms with Gasteiger partial charge in [0.2, 0.25) is 0 Å². The van der Waals surface area contributed by atoms with Crippen molar-refractivity contribution in [2.45, 2.75) is 6.92 Å². The van der Waals surface area contributed by atoms with Crippen molar-refractivity contribution in [3.05, 3.63) is 107 Å². The molecule has 0 amide bonds. The lowest BCUT2D eigenvalue weighted by atomic mass is 10.0. The second kappa shape index (κ2) is 11.5. The van der Waals surface area contributed by atoms with Gasteiger partial charge in [0, 0.05) is 17.2 Å². The summed E-state index contributed by atoms with van der Waals surface area (Å²) in [6, 6.07) is 19.0. The Hall–Kier alpha value is -4.05. The minimum absolute atomic E-state index is 0.0680. The van der Waals surface area contributed by atoms with E-state index in [1.165, 1.54) is 0 Å². The fourth-order valence-electron chi connectivity index (χ4n) is 3.29. The highest BCUT2D eigenvalue weighted by atomic mass is 16.5. The third-order valence-electron chi connectivity index (χ3n) is 5.01. The summed E-state index contributed by atoms with van der Waals surface area (Å²) in [5.41, 5.74) is 4.36. The molecule has 168 valence electrons. The first-order valence-electron chi connectivity index (χ1n) is 10.6. The first-order valence-corrected chi connectivity index (χ1v) is 10.6. The fourth-order valence-corrected chi connectivity index (χ4v) is 3.29. The zero-order chi connectivity index (χ0) is 23.6. The number of aryl methyl sites for hydroxylation is 1. The molecule has 0 aliphatic carbocycles. The summed E-state index contributed by atoms with van der Waals surface area (Å²) in [6.07, 6.45) is 9.03. The van der Waals surface area contributed by atoms with Gasteiger partial charge in [-0.25, -0.2) is 0 Å². The lowest BCUT2D eigenvalue weighted by Crippen LogP contribution is -1.96. The van der Waals surface area contributed by atoms with Gasteiger partial charge in [-0.2, -0.15) is 0 Å². The summed E-state index contributed by atoms with van der Waals surface area (Å²) in [4.78, 5) is 12.7. The largest absolute Gasteiger partial charge is 0.497 e. The number of methoxy groups -OCH3 is 2. The smallest absolute Gasteiger partial charge is 0.185 e. The van der Waals surface area contributed by atoms with Crippen LogP contribution in [0, 0.1) is 6.92 Å². The molecule has 4 heteroatoms. The average molecular weight is 441 g/mol. The summed E-state index contributed by atoms with van der Waals surface area (Å²) in [5.74, 6) is 2.01. The van der Waals surface area contributed by atoms with Gasteiger partial charge >= 0.3 is 0 Å². The van der Waals surface area contributed by atoms with Gasteiger partial charge < -0.3 is 14.2 Å². The Morgan fingerprint density at radius 1 is 0.909 bits per heavy atom. The molecule has 0 aromatic heterocycles. The van der Waals surface area contributed by atoms with Crippen LogP contribution in [0.3, 0.4) is 0 Å². The first kappa shape index (κ1) is 23.6. The molecule has 0 saturated carbocycles. The Kier molecular flexibility index (Phi) is 8.25. The van der Waals surface area contributed by atoms with Gasteiger partial charge in [0.15, 0.2) is 5.78 Å². The summed E-state index contributed by atoms with van der Waals surface area (Å²) in [6.45, 7) is 6.09. The molecule has 0 spiro atoms. The molecular formula is C29H28O4. The summed E-state index contributed by atoms with van der Waals surface area (Å²) < 4.78 is 16.6. The number of allylic oxidation sites excluding steroid dienone is 1. The SMILES string of the molecule is C=CCOc1ccc(/C=C/c2cc(OC)cc(OC)c2/C=C/C(=O)c2cccc(C)c2)cc1. The molecule has 0 fully saturated rings. The predicted octanol–water partition coefficient (Wildman–Crippen LogP) is 6.64. The Bertz CT molecular complexity index is 1170. The maximum atomic E-state index is 12.7. The Morgan fingerprint density at radius 2 is 1.70 bits per heavy atom. The van der Waals surface area contributed by atoms with Gasteiger partial charge in [-0.05, 0) is 54.5 Å².